The first-order chi connectivity index (χ1) is 14.9. The summed E-state index contributed by atoms with van der Waals surface area (Å²) in [5.41, 5.74) is 0.636. The lowest BCUT2D eigenvalue weighted by Crippen LogP contribution is -2.47. The quantitative estimate of drug-likeness (QED) is 0.712. The van der Waals surface area contributed by atoms with Gasteiger partial charge in [-0.3, -0.25) is 9.59 Å². The number of alkyl carbamates (subject to hydrolysis) is 1. The van der Waals surface area contributed by atoms with Crippen LogP contribution in [0.15, 0.2) is 21.8 Å². The number of ether oxygens (including phenoxy) is 1. The third kappa shape index (κ3) is 4.66. The Balaban J connectivity index is 1.23. The van der Waals surface area contributed by atoms with Crippen molar-refractivity contribution in [3.05, 3.63) is 39.4 Å². The lowest BCUT2D eigenvalue weighted by Gasteiger charge is -2.31. The molecule has 0 spiro atoms. The fraction of sp³-hybridized carbons (Fsp3) is 0.526. The summed E-state index contributed by atoms with van der Waals surface area (Å²) in [6.45, 7) is 3.78. The van der Waals surface area contributed by atoms with Gasteiger partial charge in [0.15, 0.2) is 6.39 Å². The minimum Gasteiger partial charge on any atom is -0.444 e. The Hall–Kier alpha value is -3.08. The number of hydrogen-bond acceptors (Lipinski definition) is 8. The zero-order valence-electron chi connectivity index (χ0n) is 17.0. The number of aryl methyl sites for hydroxylation is 1. The largest absolute Gasteiger partial charge is 0.444 e. The summed E-state index contributed by atoms with van der Waals surface area (Å²) in [6, 6.07) is -0.0730. The van der Waals surface area contributed by atoms with Gasteiger partial charge in [0, 0.05) is 32.1 Å². The highest BCUT2D eigenvalue weighted by Crippen LogP contribution is 2.26. The lowest BCUT2D eigenvalue weighted by molar-refractivity contribution is 0.0661. The van der Waals surface area contributed by atoms with Gasteiger partial charge in [-0.05, 0) is 19.8 Å². The van der Waals surface area contributed by atoms with E-state index in [1.165, 1.54) is 12.6 Å². The van der Waals surface area contributed by atoms with E-state index in [0.29, 0.717) is 56.8 Å². The maximum atomic E-state index is 12.5. The number of oxazole rings is 1. The number of amides is 2. The van der Waals surface area contributed by atoms with Gasteiger partial charge in [-0.25, -0.2) is 14.9 Å². The molecule has 2 aliphatic heterocycles. The Bertz CT molecular complexity index is 1020. The minimum atomic E-state index is -0.488. The molecule has 166 valence electrons. The summed E-state index contributed by atoms with van der Waals surface area (Å²) in [5, 5.41) is 9.00. The van der Waals surface area contributed by atoms with E-state index in [-0.39, 0.29) is 28.8 Å². The molecular formula is C19H23ClN6O5. The second kappa shape index (κ2) is 8.96. The number of carbonyl (C=O) groups is 2. The molecular weight excluding hydrogens is 428 g/mol. The topological polar surface area (TPSA) is 134 Å². The van der Waals surface area contributed by atoms with E-state index < -0.39 is 11.7 Å². The van der Waals surface area contributed by atoms with E-state index in [2.05, 4.69) is 20.5 Å². The molecule has 0 saturated carbocycles. The van der Waals surface area contributed by atoms with E-state index in [1.807, 2.05) is 4.90 Å². The molecule has 1 atom stereocenters. The first kappa shape index (κ1) is 21.2. The molecule has 11 nitrogen and oxygen atoms in total. The van der Waals surface area contributed by atoms with Crippen molar-refractivity contribution < 1.29 is 18.7 Å². The van der Waals surface area contributed by atoms with Crippen LogP contribution in [-0.2, 0) is 4.74 Å². The van der Waals surface area contributed by atoms with Gasteiger partial charge in [0.1, 0.15) is 11.1 Å². The van der Waals surface area contributed by atoms with Gasteiger partial charge in [0.05, 0.1) is 24.1 Å². The summed E-state index contributed by atoms with van der Waals surface area (Å²) in [6.07, 6.45) is 3.82. The molecule has 4 rings (SSSR count). The molecule has 2 aliphatic rings. The van der Waals surface area contributed by atoms with Crippen molar-refractivity contribution in [3.63, 3.8) is 0 Å². The lowest BCUT2D eigenvalue weighted by atomic mass is 10.0. The van der Waals surface area contributed by atoms with E-state index >= 15 is 0 Å². The maximum Gasteiger partial charge on any atom is 0.407 e. The first-order valence-corrected chi connectivity index (χ1v) is 10.4. The van der Waals surface area contributed by atoms with Gasteiger partial charge in [-0.1, -0.05) is 11.6 Å². The number of carbonyl (C=O) groups excluding carboxylic acids is 2. The van der Waals surface area contributed by atoms with Crippen LogP contribution in [0.5, 0.6) is 0 Å². The van der Waals surface area contributed by atoms with Gasteiger partial charge >= 0.3 is 6.09 Å². The summed E-state index contributed by atoms with van der Waals surface area (Å²) < 4.78 is 10.7. The highest BCUT2D eigenvalue weighted by Gasteiger charge is 2.30. The molecule has 2 aromatic heterocycles. The fourth-order valence-corrected chi connectivity index (χ4v) is 4.08. The van der Waals surface area contributed by atoms with Crippen LogP contribution in [0.4, 0.5) is 10.5 Å². The molecule has 0 bridgehead atoms. The van der Waals surface area contributed by atoms with Crippen molar-refractivity contribution in [1.82, 2.24) is 25.4 Å². The number of halogens is 1. The second-order valence-electron chi connectivity index (χ2n) is 7.64. The molecule has 12 heteroatoms. The van der Waals surface area contributed by atoms with E-state index in [0.717, 1.165) is 0 Å². The highest BCUT2D eigenvalue weighted by molar-refractivity contribution is 6.33. The summed E-state index contributed by atoms with van der Waals surface area (Å²) >= 11 is 6.05. The van der Waals surface area contributed by atoms with Crippen LogP contribution < -0.4 is 15.8 Å². The molecule has 2 fully saturated rings. The standard InChI is InChI=1S/C19H23ClN6O5/c1-11-16(30-10-21-11)18(28)25-5-2-12(3-6-25)23-19(29)31-13-4-7-26(9-13)14-8-22-24-17(27)15(14)20/h8,10,12-13H,2-7,9H2,1H3,(H,23,29)(H,24,27)/t13-/m1/s1. The molecule has 2 N–H and O–H groups in total. The van der Waals surface area contributed by atoms with Gasteiger partial charge in [-0.15, -0.1) is 0 Å². The van der Waals surface area contributed by atoms with Crippen molar-refractivity contribution in [3.8, 4) is 0 Å². The van der Waals surface area contributed by atoms with Crippen molar-refractivity contribution in [2.24, 2.45) is 0 Å². The average molecular weight is 451 g/mol. The van der Waals surface area contributed by atoms with E-state index in [4.69, 9.17) is 20.8 Å². The Kier molecular flexibility index (Phi) is 6.12. The third-order valence-corrected chi connectivity index (χ3v) is 5.95. The zero-order chi connectivity index (χ0) is 22.0. The number of nitrogens with zero attached hydrogens (tertiary/aromatic N) is 4. The highest BCUT2D eigenvalue weighted by atomic mass is 35.5. The number of hydrogen-bond donors (Lipinski definition) is 2. The molecule has 2 saturated heterocycles. The van der Waals surface area contributed by atoms with Crippen LogP contribution in [-0.4, -0.2) is 70.4 Å². The van der Waals surface area contributed by atoms with Gasteiger partial charge < -0.3 is 24.3 Å². The van der Waals surface area contributed by atoms with E-state index in [1.54, 1.807) is 11.8 Å². The SMILES string of the molecule is Cc1ncoc1C(=O)N1CCC(NC(=O)O[C@@H]2CCN(c3cn[nH]c(=O)c3Cl)C2)CC1. The molecule has 4 heterocycles. The molecule has 0 unspecified atom stereocenters. The van der Waals surface area contributed by atoms with Crippen molar-refractivity contribution >= 4 is 29.3 Å². The number of H-pyrrole nitrogens is 1. The number of likely N-dealkylation sites (tertiary alicyclic amines) is 1. The Morgan fingerprint density at radius 2 is 2.06 bits per heavy atom. The third-order valence-electron chi connectivity index (χ3n) is 5.58. The van der Waals surface area contributed by atoms with Crippen LogP contribution in [0.2, 0.25) is 5.02 Å². The second-order valence-corrected chi connectivity index (χ2v) is 8.02. The number of anilines is 1. The number of piperidine rings is 1. The smallest absolute Gasteiger partial charge is 0.407 e. The molecule has 0 aliphatic carbocycles. The predicted octanol–water partition coefficient (Wildman–Crippen LogP) is 1.33. The molecule has 2 aromatic rings. The number of aromatic nitrogens is 3. The molecule has 0 radical (unpaired) electrons. The van der Waals surface area contributed by atoms with Crippen LogP contribution >= 0.6 is 11.6 Å². The van der Waals surface area contributed by atoms with Crippen molar-refractivity contribution in [2.75, 3.05) is 31.1 Å². The number of rotatable bonds is 4. The first-order valence-electron chi connectivity index (χ1n) is 10.1. The average Bonchev–Trinajstić information content (AvgIpc) is 3.39. The summed E-state index contributed by atoms with van der Waals surface area (Å²) in [5.74, 6) is 0.0716. The number of aromatic amines is 1. The van der Waals surface area contributed by atoms with Crippen LogP contribution in [0, 0.1) is 6.92 Å². The monoisotopic (exact) mass is 450 g/mol. The Morgan fingerprint density at radius 1 is 1.29 bits per heavy atom. The fourth-order valence-electron chi connectivity index (χ4n) is 3.87. The Morgan fingerprint density at radius 3 is 2.77 bits per heavy atom. The van der Waals surface area contributed by atoms with Gasteiger partial charge in [-0.2, -0.15) is 5.10 Å². The maximum absolute atomic E-state index is 12.5. The van der Waals surface area contributed by atoms with Crippen LogP contribution in [0.3, 0.4) is 0 Å². The summed E-state index contributed by atoms with van der Waals surface area (Å²) in [4.78, 5) is 43.9. The zero-order valence-corrected chi connectivity index (χ0v) is 17.7. The minimum absolute atomic E-state index is 0.0712. The Labute approximate surface area is 182 Å². The predicted molar refractivity (Wildman–Crippen MR) is 110 cm³/mol. The van der Waals surface area contributed by atoms with Crippen molar-refractivity contribution in [1.29, 1.82) is 0 Å². The van der Waals surface area contributed by atoms with E-state index in [9.17, 15) is 14.4 Å². The normalized spacial score (nSPS) is 19.5. The molecule has 0 aromatic carbocycles. The van der Waals surface area contributed by atoms with Gasteiger partial charge in [0.2, 0.25) is 5.76 Å². The molecule has 31 heavy (non-hydrogen) atoms. The van der Waals surface area contributed by atoms with Crippen molar-refractivity contribution in [2.45, 2.75) is 38.3 Å². The van der Waals surface area contributed by atoms with Gasteiger partial charge in [0.25, 0.3) is 11.5 Å². The number of nitrogens with one attached hydrogen (secondary N) is 2. The van der Waals surface area contributed by atoms with Crippen LogP contribution in [0.25, 0.3) is 0 Å². The molecule has 2 amide bonds. The van der Waals surface area contributed by atoms with Crippen LogP contribution in [0.1, 0.15) is 35.5 Å². The summed E-state index contributed by atoms with van der Waals surface area (Å²) in [7, 11) is 0.